The molecule has 45 heavy (non-hydrogen) atoms. The fourth-order valence-electron chi connectivity index (χ4n) is 6.12. The Morgan fingerprint density at radius 1 is 1.11 bits per heavy atom. The molecule has 3 amide bonds. The summed E-state index contributed by atoms with van der Waals surface area (Å²) in [7, 11) is -1.31. The van der Waals surface area contributed by atoms with Crippen LogP contribution in [0.3, 0.4) is 0 Å². The van der Waals surface area contributed by atoms with E-state index in [0.29, 0.717) is 17.9 Å². The van der Waals surface area contributed by atoms with Crippen molar-refractivity contribution in [1.29, 1.82) is 5.26 Å². The minimum atomic E-state index is -1.31. The second-order valence-corrected chi connectivity index (χ2v) is 20.1. The largest absolute Gasteiger partial charge is 0.444 e. The van der Waals surface area contributed by atoms with Gasteiger partial charge in [0.25, 0.3) is 5.91 Å². The highest BCUT2D eigenvalue weighted by molar-refractivity contribution is 6.76. The first kappa shape index (κ1) is 34.2. The molecule has 0 spiro atoms. The topological polar surface area (TPSA) is 112 Å². The lowest BCUT2D eigenvalue weighted by Gasteiger charge is -2.35. The van der Waals surface area contributed by atoms with Crippen LogP contribution in [0.25, 0.3) is 0 Å². The number of carbonyl (C=O) groups is 3. The van der Waals surface area contributed by atoms with Crippen LogP contribution in [-0.4, -0.2) is 67.9 Å². The van der Waals surface area contributed by atoms with E-state index < -0.39 is 31.9 Å². The standard InChI is InChI=1S/C35H48N4O5Si/c1-24-11-8-9-14-30(24)33(41)38(23-43-17-18-45(5,6)7)28-13-10-12-25(20-28)19-27(22-36)37-32(40)31-26-15-16-29(21-26)39(31)34(42)44-35(2,3)4/h8-14,20,26-27,29,31H,15-19,21,23H2,1-7H3,(H,37,40). The van der Waals surface area contributed by atoms with Gasteiger partial charge in [-0.25, -0.2) is 4.79 Å². The second-order valence-electron chi connectivity index (χ2n) is 14.5. The molecule has 1 saturated heterocycles. The number of nitrogens with zero attached hydrogens (tertiary/aromatic N) is 3. The van der Waals surface area contributed by atoms with Crippen LogP contribution in [0.2, 0.25) is 25.7 Å². The summed E-state index contributed by atoms with van der Waals surface area (Å²) < 4.78 is 11.7. The number of amides is 3. The number of anilines is 1. The number of benzene rings is 2. The zero-order valence-corrected chi connectivity index (χ0v) is 28.8. The van der Waals surface area contributed by atoms with E-state index in [1.54, 1.807) is 9.80 Å². The van der Waals surface area contributed by atoms with Crippen LogP contribution in [0.1, 0.15) is 61.5 Å². The number of aryl methyl sites for hydroxylation is 1. The molecule has 10 heteroatoms. The number of hydrogen-bond acceptors (Lipinski definition) is 6. The average molecular weight is 633 g/mol. The van der Waals surface area contributed by atoms with Crippen molar-refractivity contribution < 1.29 is 23.9 Å². The van der Waals surface area contributed by atoms with Gasteiger partial charge in [-0.05, 0) is 88.2 Å². The van der Waals surface area contributed by atoms with Gasteiger partial charge < -0.3 is 14.8 Å². The lowest BCUT2D eigenvalue weighted by atomic mass is 9.97. The molecule has 1 heterocycles. The van der Waals surface area contributed by atoms with Crippen LogP contribution >= 0.6 is 0 Å². The first-order valence-corrected chi connectivity index (χ1v) is 19.6. The van der Waals surface area contributed by atoms with Crippen LogP contribution < -0.4 is 10.2 Å². The summed E-state index contributed by atoms with van der Waals surface area (Å²) >= 11 is 0. The summed E-state index contributed by atoms with van der Waals surface area (Å²) in [6.07, 6.45) is 2.24. The third kappa shape index (κ3) is 8.95. The maximum Gasteiger partial charge on any atom is 0.411 e. The van der Waals surface area contributed by atoms with Gasteiger partial charge in [0.15, 0.2) is 0 Å². The second kappa shape index (κ2) is 14.2. The van der Waals surface area contributed by atoms with E-state index >= 15 is 0 Å². The summed E-state index contributed by atoms with van der Waals surface area (Å²) in [4.78, 5) is 43.6. The molecule has 4 rings (SSSR count). The van der Waals surface area contributed by atoms with E-state index in [0.717, 1.165) is 36.4 Å². The summed E-state index contributed by atoms with van der Waals surface area (Å²) in [5, 5.41) is 12.9. The van der Waals surface area contributed by atoms with Gasteiger partial charge in [-0.2, -0.15) is 5.26 Å². The van der Waals surface area contributed by atoms with Crippen LogP contribution in [0.15, 0.2) is 48.5 Å². The van der Waals surface area contributed by atoms with Gasteiger partial charge in [-0.3, -0.25) is 19.4 Å². The molecule has 0 aromatic heterocycles. The zero-order chi connectivity index (χ0) is 32.9. The molecule has 2 aromatic carbocycles. The number of rotatable bonds is 11. The summed E-state index contributed by atoms with van der Waals surface area (Å²) in [5.41, 5.74) is 2.24. The van der Waals surface area contributed by atoms with E-state index in [2.05, 4.69) is 31.0 Å². The number of nitriles is 1. The van der Waals surface area contributed by atoms with Crippen molar-refractivity contribution >= 4 is 31.7 Å². The van der Waals surface area contributed by atoms with Crippen molar-refractivity contribution in [3.63, 3.8) is 0 Å². The Kier molecular flexibility index (Phi) is 10.8. The predicted molar refractivity (Wildman–Crippen MR) is 178 cm³/mol. The zero-order valence-electron chi connectivity index (χ0n) is 27.8. The van der Waals surface area contributed by atoms with Crippen molar-refractivity contribution in [3.8, 4) is 6.07 Å². The number of carbonyl (C=O) groups excluding carboxylic acids is 3. The molecule has 2 aromatic rings. The number of fused-ring (bicyclic) bond motifs is 2. The smallest absolute Gasteiger partial charge is 0.411 e. The minimum Gasteiger partial charge on any atom is -0.444 e. The van der Waals surface area contributed by atoms with E-state index in [1.165, 1.54) is 0 Å². The number of hydrogen-bond donors (Lipinski definition) is 1. The highest BCUT2D eigenvalue weighted by Gasteiger charge is 2.52. The van der Waals surface area contributed by atoms with Gasteiger partial charge in [0.1, 0.15) is 24.4 Å². The van der Waals surface area contributed by atoms with Crippen molar-refractivity contribution in [2.45, 2.75) is 103 Å². The molecule has 2 bridgehead atoms. The van der Waals surface area contributed by atoms with Gasteiger partial charge in [0.2, 0.25) is 5.91 Å². The van der Waals surface area contributed by atoms with Crippen molar-refractivity contribution in [3.05, 3.63) is 65.2 Å². The molecule has 1 N–H and O–H groups in total. The Morgan fingerprint density at radius 2 is 1.84 bits per heavy atom. The molecule has 1 aliphatic carbocycles. The first-order chi connectivity index (χ1) is 21.2. The van der Waals surface area contributed by atoms with Gasteiger partial charge in [-0.15, -0.1) is 0 Å². The molecule has 4 atom stereocenters. The Morgan fingerprint density at radius 3 is 2.51 bits per heavy atom. The monoisotopic (exact) mass is 632 g/mol. The third-order valence-electron chi connectivity index (χ3n) is 8.43. The van der Waals surface area contributed by atoms with Crippen LogP contribution in [0.5, 0.6) is 0 Å². The maximum absolute atomic E-state index is 13.8. The number of piperidine rings is 1. The van der Waals surface area contributed by atoms with Crippen molar-refractivity contribution in [2.75, 3.05) is 18.2 Å². The maximum atomic E-state index is 13.8. The summed E-state index contributed by atoms with van der Waals surface area (Å²) in [5.74, 6) is -0.447. The van der Waals surface area contributed by atoms with E-state index in [1.807, 2.05) is 76.2 Å². The molecular formula is C35H48N4O5Si. The SMILES string of the molecule is Cc1ccccc1C(=O)N(COCC[Si](C)(C)C)c1cccc(CC(C#N)NC(=O)C2C3CCC(C3)N2C(=O)OC(C)(C)C)c1. The Hall–Kier alpha value is -3.68. The summed E-state index contributed by atoms with van der Waals surface area (Å²) in [6, 6.07) is 16.6. The number of ether oxygens (including phenoxy) is 2. The lowest BCUT2D eigenvalue weighted by Crippen LogP contribution is -2.55. The van der Waals surface area contributed by atoms with Gasteiger partial charge >= 0.3 is 6.09 Å². The fraction of sp³-hybridized carbons (Fsp3) is 0.543. The Labute approximate surface area is 268 Å². The molecule has 1 saturated carbocycles. The van der Waals surface area contributed by atoms with Crippen LogP contribution in [0, 0.1) is 24.2 Å². The van der Waals surface area contributed by atoms with Crippen molar-refractivity contribution in [2.24, 2.45) is 5.92 Å². The number of likely N-dealkylation sites (tertiary alicyclic amines) is 1. The normalized spacial score (nSPS) is 20.0. The predicted octanol–water partition coefficient (Wildman–Crippen LogP) is 6.29. The molecule has 0 radical (unpaired) electrons. The fourth-order valence-corrected chi connectivity index (χ4v) is 6.88. The third-order valence-corrected chi connectivity index (χ3v) is 10.1. The minimum absolute atomic E-state index is 0.0254. The van der Waals surface area contributed by atoms with E-state index in [-0.39, 0.29) is 36.9 Å². The first-order valence-electron chi connectivity index (χ1n) is 15.9. The molecule has 9 nitrogen and oxygen atoms in total. The summed E-state index contributed by atoms with van der Waals surface area (Å²) in [6.45, 7) is 14.9. The highest BCUT2D eigenvalue weighted by atomic mass is 28.3. The van der Waals surface area contributed by atoms with Crippen LogP contribution in [0.4, 0.5) is 10.5 Å². The number of nitrogens with one attached hydrogen (secondary N) is 1. The quantitative estimate of drug-likeness (QED) is 0.177. The van der Waals surface area contributed by atoms with Crippen LogP contribution in [-0.2, 0) is 20.7 Å². The van der Waals surface area contributed by atoms with Gasteiger partial charge in [-0.1, -0.05) is 50.0 Å². The molecule has 2 fully saturated rings. The Bertz CT molecular complexity index is 1430. The molecule has 2 aliphatic rings. The lowest BCUT2D eigenvalue weighted by molar-refractivity contribution is -0.128. The Balaban J connectivity index is 1.49. The van der Waals surface area contributed by atoms with Crippen molar-refractivity contribution in [1.82, 2.24) is 10.2 Å². The average Bonchev–Trinajstić information content (AvgIpc) is 3.58. The van der Waals surface area contributed by atoms with E-state index in [9.17, 15) is 19.6 Å². The molecular weight excluding hydrogens is 584 g/mol. The molecule has 4 unspecified atom stereocenters. The highest BCUT2D eigenvalue weighted by Crippen LogP contribution is 2.43. The molecule has 242 valence electrons. The van der Waals surface area contributed by atoms with E-state index in [4.69, 9.17) is 9.47 Å². The van der Waals surface area contributed by atoms with Gasteiger partial charge in [0.05, 0.1) is 6.07 Å². The van der Waals surface area contributed by atoms with Gasteiger partial charge in [0, 0.05) is 38.4 Å². The molecule has 1 aliphatic heterocycles.